The molecule has 0 amide bonds. The summed E-state index contributed by atoms with van der Waals surface area (Å²) in [7, 11) is 1.78. The van der Waals surface area contributed by atoms with Crippen molar-refractivity contribution in [2.24, 2.45) is 7.05 Å². The Hall–Kier alpha value is -1.34. The van der Waals surface area contributed by atoms with Crippen molar-refractivity contribution >= 4 is 11.5 Å². The van der Waals surface area contributed by atoms with Crippen molar-refractivity contribution in [1.82, 2.24) is 24.6 Å². The van der Waals surface area contributed by atoms with Crippen LogP contribution in [0.2, 0.25) is 0 Å². The van der Waals surface area contributed by atoms with Crippen LogP contribution in [0, 0.1) is 0 Å². The highest BCUT2D eigenvalue weighted by molar-refractivity contribution is 7.03. The summed E-state index contributed by atoms with van der Waals surface area (Å²) in [5.74, 6) is 0. The molecule has 0 aliphatic rings. The number of aliphatic hydroxyl groups excluding tert-OH is 1. The number of nitrogens with zero attached hydrogens (tertiary/aromatic N) is 5. The highest BCUT2D eigenvalue weighted by Gasteiger charge is 2.13. The van der Waals surface area contributed by atoms with E-state index in [4.69, 9.17) is 0 Å². The Balaban J connectivity index is 2.05. The predicted molar refractivity (Wildman–Crippen MR) is 49.6 cm³/mol. The van der Waals surface area contributed by atoms with Crippen molar-refractivity contribution in [3.63, 3.8) is 0 Å². The first kappa shape index (κ1) is 9.22. The fourth-order valence-corrected chi connectivity index (χ4v) is 1.61. The summed E-state index contributed by atoms with van der Waals surface area (Å²) in [6.45, 7) is 0. The Morgan fingerprint density at radius 1 is 1.57 bits per heavy atom. The molecule has 0 bridgehead atoms. The van der Waals surface area contributed by atoms with Crippen molar-refractivity contribution in [2.75, 3.05) is 0 Å². The van der Waals surface area contributed by atoms with Gasteiger partial charge in [-0.3, -0.25) is 4.68 Å². The molecule has 1 unspecified atom stereocenters. The van der Waals surface area contributed by atoms with E-state index in [9.17, 15) is 5.11 Å². The van der Waals surface area contributed by atoms with E-state index < -0.39 is 6.10 Å². The van der Waals surface area contributed by atoms with Crippen molar-refractivity contribution in [1.29, 1.82) is 0 Å². The van der Waals surface area contributed by atoms with Crippen LogP contribution in [0.3, 0.4) is 0 Å². The highest BCUT2D eigenvalue weighted by Crippen LogP contribution is 2.14. The lowest BCUT2D eigenvalue weighted by Gasteiger charge is -2.02. The van der Waals surface area contributed by atoms with E-state index in [0.29, 0.717) is 12.1 Å². The average Bonchev–Trinajstić information content (AvgIpc) is 2.75. The van der Waals surface area contributed by atoms with Gasteiger partial charge in [-0.25, -0.2) is 0 Å². The zero-order chi connectivity index (χ0) is 9.97. The van der Waals surface area contributed by atoms with Gasteiger partial charge >= 0.3 is 0 Å². The van der Waals surface area contributed by atoms with Crippen molar-refractivity contribution in [3.05, 3.63) is 23.0 Å². The van der Waals surface area contributed by atoms with Crippen LogP contribution in [0.4, 0.5) is 0 Å². The van der Waals surface area contributed by atoms with Gasteiger partial charge in [-0.15, -0.1) is 10.2 Å². The zero-order valence-electron chi connectivity index (χ0n) is 7.53. The van der Waals surface area contributed by atoms with E-state index in [0.717, 1.165) is 5.69 Å². The minimum Gasteiger partial charge on any atom is -0.386 e. The van der Waals surface area contributed by atoms with Crippen LogP contribution in [0.5, 0.6) is 0 Å². The number of aliphatic hydroxyl groups is 1. The molecule has 7 heteroatoms. The molecule has 0 saturated carbocycles. The third-order valence-corrected chi connectivity index (χ3v) is 2.29. The van der Waals surface area contributed by atoms with Crippen LogP contribution >= 0.6 is 11.5 Å². The normalized spacial score (nSPS) is 13.0. The third-order valence-electron chi connectivity index (χ3n) is 1.77. The molecular formula is C7H9N5OS. The Morgan fingerprint density at radius 3 is 3.00 bits per heavy atom. The Kier molecular flexibility index (Phi) is 2.51. The zero-order valence-corrected chi connectivity index (χ0v) is 8.35. The maximum Gasteiger partial charge on any atom is 0.104 e. The second-order valence-electron chi connectivity index (χ2n) is 2.93. The first-order valence-electron chi connectivity index (χ1n) is 4.06. The summed E-state index contributed by atoms with van der Waals surface area (Å²) in [5, 5.41) is 22.9. The lowest BCUT2D eigenvalue weighted by molar-refractivity contribution is 0.172. The molecule has 2 aromatic heterocycles. The maximum absolute atomic E-state index is 9.70. The molecule has 2 aromatic rings. The first-order valence-corrected chi connectivity index (χ1v) is 4.89. The van der Waals surface area contributed by atoms with E-state index in [2.05, 4.69) is 19.9 Å². The minimum atomic E-state index is -0.648. The number of hydrogen-bond donors (Lipinski definition) is 1. The van der Waals surface area contributed by atoms with Crippen LogP contribution in [0.15, 0.2) is 11.6 Å². The van der Waals surface area contributed by atoms with Crippen molar-refractivity contribution in [3.8, 4) is 0 Å². The van der Waals surface area contributed by atoms with Gasteiger partial charge in [-0.05, 0) is 11.5 Å². The van der Waals surface area contributed by atoms with Crippen molar-refractivity contribution < 1.29 is 5.11 Å². The van der Waals surface area contributed by atoms with Gasteiger partial charge in [0.1, 0.15) is 11.8 Å². The molecule has 74 valence electrons. The maximum atomic E-state index is 9.70. The summed E-state index contributed by atoms with van der Waals surface area (Å²) in [6, 6.07) is 0. The van der Waals surface area contributed by atoms with Crippen LogP contribution < -0.4 is 0 Å². The minimum absolute atomic E-state index is 0.416. The predicted octanol–water partition coefficient (Wildman–Crippen LogP) is -0.0573. The largest absolute Gasteiger partial charge is 0.386 e. The molecule has 0 aromatic carbocycles. The Morgan fingerprint density at radius 2 is 2.43 bits per heavy atom. The third kappa shape index (κ3) is 1.94. The van der Waals surface area contributed by atoms with Crippen LogP contribution in [-0.4, -0.2) is 29.7 Å². The quantitative estimate of drug-likeness (QED) is 0.769. The fraction of sp³-hybridized carbons (Fsp3) is 0.429. The molecule has 0 aliphatic carbocycles. The lowest BCUT2D eigenvalue weighted by atomic mass is 10.2. The first-order chi connectivity index (χ1) is 6.75. The van der Waals surface area contributed by atoms with Crippen LogP contribution in [0.25, 0.3) is 0 Å². The SMILES string of the molecule is Cn1cc(CC(O)c2csnn2)nn1. The summed E-state index contributed by atoms with van der Waals surface area (Å²) >= 11 is 1.22. The van der Waals surface area contributed by atoms with Crippen molar-refractivity contribution in [2.45, 2.75) is 12.5 Å². The molecule has 0 aliphatic heterocycles. The highest BCUT2D eigenvalue weighted by atomic mass is 32.1. The number of aryl methyl sites for hydroxylation is 1. The van der Waals surface area contributed by atoms with Gasteiger partial charge in [-0.1, -0.05) is 9.70 Å². The van der Waals surface area contributed by atoms with E-state index in [-0.39, 0.29) is 0 Å². The van der Waals surface area contributed by atoms with Crippen LogP contribution in [-0.2, 0) is 13.5 Å². The number of hydrogen-bond acceptors (Lipinski definition) is 6. The van der Waals surface area contributed by atoms with Gasteiger partial charge in [-0.2, -0.15) is 0 Å². The number of rotatable bonds is 3. The second kappa shape index (κ2) is 3.81. The van der Waals surface area contributed by atoms with Gasteiger partial charge in [0.05, 0.1) is 5.69 Å². The van der Waals surface area contributed by atoms with E-state index in [1.807, 2.05) is 0 Å². The molecule has 1 N–H and O–H groups in total. The molecular weight excluding hydrogens is 202 g/mol. The summed E-state index contributed by atoms with van der Waals surface area (Å²) in [5.41, 5.74) is 1.33. The van der Waals surface area contributed by atoms with E-state index in [1.165, 1.54) is 11.5 Å². The smallest absolute Gasteiger partial charge is 0.104 e. The topological polar surface area (TPSA) is 76.7 Å². The molecule has 6 nitrogen and oxygen atoms in total. The lowest BCUT2D eigenvalue weighted by Crippen LogP contribution is -2.02. The van der Waals surface area contributed by atoms with Gasteiger partial charge < -0.3 is 5.11 Å². The molecule has 0 spiro atoms. The standard InChI is InChI=1S/C7H9N5OS/c1-12-3-5(8-10-12)2-7(13)6-4-14-11-9-6/h3-4,7,13H,2H2,1H3. The van der Waals surface area contributed by atoms with Crippen LogP contribution in [0.1, 0.15) is 17.5 Å². The summed E-state index contributed by atoms with van der Waals surface area (Å²) in [4.78, 5) is 0. The average molecular weight is 211 g/mol. The fourth-order valence-electron chi connectivity index (χ4n) is 1.11. The molecule has 14 heavy (non-hydrogen) atoms. The second-order valence-corrected chi connectivity index (χ2v) is 3.54. The number of aromatic nitrogens is 5. The molecule has 2 heterocycles. The van der Waals surface area contributed by atoms with Gasteiger partial charge in [0.25, 0.3) is 0 Å². The van der Waals surface area contributed by atoms with E-state index >= 15 is 0 Å². The summed E-state index contributed by atoms with van der Waals surface area (Å²) < 4.78 is 5.28. The van der Waals surface area contributed by atoms with Gasteiger partial charge in [0, 0.05) is 25.0 Å². The van der Waals surface area contributed by atoms with Gasteiger partial charge in [0.15, 0.2) is 0 Å². The van der Waals surface area contributed by atoms with E-state index in [1.54, 1.807) is 23.3 Å². The Labute approximate surface area is 84.4 Å². The Bertz CT molecular complexity index is 398. The van der Waals surface area contributed by atoms with Gasteiger partial charge in [0.2, 0.25) is 0 Å². The molecule has 0 fully saturated rings. The summed E-state index contributed by atoms with van der Waals surface area (Å²) in [6.07, 6.45) is 1.54. The monoisotopic (exact) mass is 211 g/mol. The molecule has 1 atom stereocenters. The molecule has 2 rings (SSSR count). The molecule has 0 radical (unpaired) electrons. The molecule has 0 saturated heterocycles.